The van der Waals surface area contributed by atoms with Crippen LogP contribution in [-0.4, -0.2) is 29.6 Å². The van der Waals surface area contributed by atoms with Crippen molar-refractivity contribution in [3.8, 4) is 0 Å². The molecule has 3 N–H and O–H groups in total. The van der Waals surface area contributed by atoms with Crippen LogP contribution in [0.15, 0.2) is 0 Å². The largest absolute Gasteiger partial charge is 0.481 e. The summed E-state index contributed by atoms with van der Waals surface area (Å²) in [5, 5.41) is 12.3. The van der Waals surface area contributed by atoms with Crippen LogP contribution in [0.25, 0.3) is 0 Å². The number of rotatable bonds is 3. The molecule has 0 aliphatic rings. The first-order chi connectivity index (χ1) is 5.52. The Kier molecular flexibility index (Phi) is 4.43. The quantitative estimate of drug-likeness (QED) is 0.527. The molecule has 68 valence electrons. The Labute approximate surface area is 68.9 Å². The summed E-state index contributed by atoms with van der Waals surface area (Å²) in [6.45, 7) is 1.20. The van der Waals surface area contributed by atoms with Gasteiger partial charge in [0.15, 0.2) is 0 Å². The number of carboxylic acid groups (broad SMARTS) is 1. The van der Waals surface area contributed by atoms with E-state index in [9.17, 15) is 14.4 Å². The lowest BCUT2D eigenvalue weighted by Crippen LogP contribution is -2.39. The average molecular weight is 174 g/mol. The van der Waals surface area contributed by atoms with Gasteiger partial charge in [0.2, 0.25) is 5.91 Å². The van der Waals surface area contributed by atoms with Gasteiger partial charge in [0, 0.05) is 13.5 Å². The summed E-state index contributed by atoms with van der Waals surface area (Å²) in [6.07, 6.45) is -0.161. The number of carboxylic acids is 1. The van der Waals surface area contributed by atoms with E-state index in [2.05, 4.69) is 5.32 Å². The Morgan fingerprint density at radius 3 is 2.33 bits per heavy atom. The van der Waals surface area contributed by atoms with Crippen molar-refractivity contribution in [2.24, 2.45) is 0 Å². The van der Waals surface area contributed by atoms with E-state index in [4.69, 9.17) is 5.11 Å². The standard InChI is InChI=1S/C6H10N2O4/c1-4(9)8-6(12)7-3-2-5(10)11/h2-3H2,1H3,(H,10,11)(H2,7,8,9,12). The molecule has 0 fully saturated rings. The van der Waals surface area contributed by atoms with Crippen molar-refractivity contribution >= 4 is 17.9 Å². The van der Waals surface area contributed by atoms with Gasteiger partial charge in [-0.2, -0.15) is 0 Å². The molecule has 0 saturated carbocycles. The average Bonchev–Trinajstić information content (AvgIpc) is 1.84. The van der Waals surface area contributed by atoms with E-state index in [1.807, 2.05) is 5.32 Å². The van der Waals surface area contributed by atoms with Crippen molar-refractivity contribution < 1.29 is 19.5 Å². The number of amides is 3. The zero-order valence-electron chi connectivity index (χ0n) is 6.59. The monoisotopic (exact) mass is 174 g/mol. The van der Waals surface area contributed by atoms with Crippen LogP contribution in [0.5, 0.6) is 0 Å². The number of nitrogens with one attached hydrogen (secondary N) is 2. The van der Waals surface area contributed by atoms with E-state index >= 15 is 0 Å². The minimum Gasteiger partial charge on any atom is -0.481 e. The number of imide groups is 1. The molecule has 0 radical (unpaired) electrons. The van der Waals surface area contributed by atoms with Gasteiger partial charge in [0.1, 0.15) is 0 Å². The second-order valence-corrected chi connectivity index (χ2v) is 2.08. The molecule has 6 heteroatoms. The van der Waals surface area contributed by atoms with Gasteiger partial charge in [-0.3, -0.25) is 14.9 Å². The molecule has 0 unspecified atom stereocenters. The summed E-state index contributed by atoms with van der Waals surface area (Å²) in [4.78, 5) is 30.8. The fourth-order valence-electron chi connectivity index (χ4n) is 0.487. The molecule has 0 atom stereocenters. The van der Waals surface area contributed by atoms with Crippen molar-refractivity contribution in [3.05, 3.63) is 0 Å². The molecule has 0 aliphatic carbocycles. The lowest BCUT2D eigenvalue weighted by molar-refractivity contribution is -0.136. The van der Waals surface area contributed by atoms with E-state index in [1.165, 1.54) is 6.92 Å². The second-order valence-electron chi connectivity index (χ2n) is 2.08. The third kappa shape index (κ3) is 6.53. The number of aliphatic carboxylic acids is 1. The lowest BCUT2D eigenvalue weighted by Gasteiger charge is -2.01. The predicted octanol–water partition coefficient (Wildman–Crippen LogP) is -0.693. The van der Waals surface area contributed by atoms with Crippen molar-refractivity contribution in [1.29, 1.82) is 0 Å². The van der Waals surface area contributed by atoms with Gasteiger partial charge in [-0.05, 0) is 0 Å². The van der Waals surface area contributed by atoms with Crippen LogP contribution in [0.2, 0.25) is 0 Å². The van der Waals surface area contributed by atoms with Gasteiger partial charge in [0.05, 0.1) is 6.42 Å². The second kappa shape index (κ2) is 5.11. The molecule has 0 saturated heterocycles. The summed E-state index contributed by atoms with van der Waals surface area (Å²) < 4.78 is 0. The van der Waals surface area contributed by atoms with Gasteiger partial charge >= 0.3 is 12.0 Å². The first-order valence-corrected chi connectivity index (χ1v) is 3.29. The molecule has 12 heavy (non-hydrogen) atoms. The van der Waals surface area contributed by atoms with E-state index in [0.717, 1.165) is 0 Å². The molecule has 0 bridgehead atoms. The molecule has 3 amide bonds. The van der Waals surface area contributed by atoms with Crippen molar-refractivity contribution in [3.63, 3.8) is 0 Å². The Morgan fingerprint density at radius 2 is 1.92 bits per heavy atom. The van der Waals surface area contributed by atoms with Crippen LogP contribution < -0.4 is 10.6 Å². The zero-order chi connectivity index (χ0) is 9.56. The lowest BCUT2D eigenvalue weighted by atomic mass is 10.4. The van der Waals surface area contributed by atoms with E-state index < -0.39 is 17.9 Å². The maximum Gasteiger partial charge on any atom is 0.321 e. The van der Waals surface area contributed by atoms with E-state index in [1.54, 1.807) is 0 Å². The number of carbonyl (C=O) groups is 3. The molecular formula is C6H10N2O4. The smallest absolute Gasteiger partial charge is 0.321 e. The molecule has 0 heterocycles. The van der Waals surface area contributed by atoms with Crippen LogP contribution in [-0.2, 0) is 9.59 Å². The summed E-state index contributed by atoms with van der Waals surface area (Å²) >= 11 is 0. The molecule has 0 aliphatic heterocycles. The first kappa shape index (κ1) is 10.4. The molecule has 0 spiro atoms. The summed E-state index contributed by atoms with van der Waals surface area (Å²) in [5.74, 6) is -1.49. The number of carbonyl (C=O) groups excluding carboxylic acids is 2. The van der Waals surface area contributed by atoms with Gasteiger partial charge in [-0.25, -0.2) is 4.79 Å². The summed E-state index contributed by atoms with van der Waals surface area (Å²) in [5.41, 5.74) is 0. The van der Waals surface area contributed by atoms with Crippen LogP contribution >= 0.6 is 0 Å². The fraction of sp³-hybridized carbons (Fsp3) is 0.500. The predicted molar refractivity (Wildman–Crippen MR) is 39.5 cm³/mol. The minimum atomic E-state index is -1.00. The van der Waals surface area contributed by atoms with Gasteiger partial charge in [0.25, 0.3) is 0 Å². The molecule has 6 nitrogen and oxygen atoms in total. The Morgan fingerprint density at radius 1 is 1.33 bits per heavy atom. The van der Waals surface area contributed by atoms with Crippen LogP contribution in [0.3, 0.4) is 0 Å². The highest BCUT2D eigenvalue weighted by Crippen LogP contribution is 1.75. The van der Waals surface area contributed by atoms with Crippen LogP contribution in [0, 0.1) is 0 Å². The Balaban J connectivity index is 3.44. The zero-order valence-corrected chi connectivity index (χ0v) is 6.59. The van der Waals surface area contributed by atoms with Gasteiger partial charge in [-0.15, -0.1) is 0 Å². The topological polar surface area (TPSA) is 95.5 Å². The van der Waals surface area contributed by atoms with Crippen LogP contribution in [0.4, 0.5) is 4.79 Å². The van der Waals surface area contributed by atoms with Gasteiger partial charge < -0.3 is 10.4 Å². The number of hydrogen-bond donors (Lipinski definition) is 3. The Hall–Kier alpha value is -1.59. The van der Waals surface area contributed by atoms with Crippen molar-refractivity contribution in [1.82, 2.24) is 10.6 Å². The minimum absolute atomic E-state index is 0.00838. The maximum atomic E-state index is 10.6. The molecule has 0 rings (SSSR count). The van der Waals surface area contributed by atoms with Crippen molar-refractivity contribution in [2.45, 2.75) is 13.3 Å². The molecule has 0 aromatic carbocycles. The van der Waals surface area contributed by atoms with Gasteiger partial charge in [-0.1, -0.05) is 0 Å². The molecule has 0 aromatic rings. The maximum absolute atomic E-state index is 10.6. The Bertz CT molecular complexity index is 202. The first-order valence-electron chi connectivity index (χ1n) is 3.29. The van der Waals surface area contributed by atoms with Crippen molar-refractivity contribution in [2.75, 3.05) is 6.54 Å². The highest BCUT2D eigenvalue weighted by molar-refractivity contribution is 5.93. The molecular weight excluding hydrogens is 164 g/mol. The summed E-state index contributed by atoms with van der Waals surface area (Å²) in [6, 6.07) is -0.677. The SMILES string of the molecule is CC(=O)NC(=O)NCCC(=O)O. The van der Waals surface area contributed by atoms with E-state index in [-0.39, 0.29) is 13.0 Å². The third-order valence-electron chi connectivity index (χ3n) is 0.914. The fourth-order valence-corrected chi connectivity index (χ4v) is 0.487. The highest BCUT2D eigenvalue weighted by Gasteiger charge is 2.02. The van der Waals surface area contributed by atoms with E-state index in [0.29, 0.717) is 0 Å². The normalized spacial score (nSPS) is 8.75. The highest BCUT2D eigenvalue weighted by atomic mass is 16.4. The number of urea groups is 1. The summed E-state index contributed by atoms with van der Waals surface area (Å²) in [7, 11) is 0. The third-order valence-corrected chi connectivity index (χ3v) is 0.914. The number of hydrogen-bond acceptors (Lipinski definition) is 3. The van der Waals surface area contributed by atoms with Crippen LogP contribution in [0.1, 0.15) is 13.3 Å². The molecule has 0 aromatic heterocycles.